The van der Waals surface area contributed by atoms with Gasteiger partial charge in [-0.05, 0) is 25.3 Å². The average Bonchev–Trinajstić information content (AvgIpc) is 2.65. The molecule has 1 aromatic rings. The number of furan rings is 1. The highest BCUT2D eigenvalue weighted by Gasteiger charge is 2.15. The van der Waals surface area contributed by atoms with Crippen LogP contribution in [0.2, 0.25) is 0 Å². The second-order valence-corrected chi connectivity index (χ2v) is 4.20. The predicted molar refractivity (Wildman–Crippen MR) is 59.2 cm³/mol. The summed E-state index contributed by atoms with van der Waals surface area (Å²) in [5, 5.41) is 3.61. The fourth-order valence-electron chi connectivity index (χ4n) is 1.72. The first-order valence-corrected chi connectivity index (χ1v) is 5.43. The average molecular weight is 195 g/mol. The first-order chi connectivity index (χ1) is 6.65. The normalized spacial score (nSPS) is 15.8. The van der Waals surface area contributed by atoms with E-state index < -0.39 is 0 Å². The van der Waals surface area contributed by atoms with Crippen molar-refractivity contribution in [1.29, 1.82) is 0 Å². The summed E-state index contributed by atoms with van der Waals surface area (Å²) in [4.78, 5) is 0. The monoisotopic (exact) mass is 195 g/mol. The Morgan fingerprint density at radius 3 is 2.50 bits per heavy atom. The zero-order valence-corrected chi connectivity index (χ0v) is 9.58. The van der Waals surface area contributed by atoms with Crippen molar-refractivity contribution in [2.45, 2.75) is 46.2 Å². The minimum atomic E-state index is 0.376. The van der Waals surface area contributed by atoms with Crippen LogP contribution in [0.5, 0.6) is 0 Å². The van der Waals surface area contributed by atoms with E-state index in [1.54, 1.807) is 6.26 Å². The maximum atomic E-state index is 5.07. The summed E-state index contributed by atoms with van der Waals surface area (Å²) < 4.78 is 5.07. The first-order valence-electron chi connectivity index (χ1n) is 5.43. The van der Waals surface area contributed by atoms with Crippen LogP contribution in [-0.4, -0.2) is 6.04 Å². The van der Waals surface area contributed by atoms with Gasteiger partial charge in [-0.15, -0.1) is 0 Å². The number of hydrogen-bond donors (Lipinski definition) is 1. The van der Waals surface area contributed by atoms with Crippen molar-refractivity contribution < 1.29 is 4.42 Å². The molecule has 1 rings (SSSR count). The number of nitrogens with one attached hydrogen (secondary N) is 1. The van der Waals surface area contributed by atoms with Crippen LogP contribution >= 0.6 is 0 Å². The maximum Gasteiger partial charge on any atom is 0.0950 e. The van der Waals surface area contributed by atoms with Crippen molar-refractivity contribution in [3.63, 3.8) is 0 Å². The van der Waals surface area contributed by atoms with Crippen LogP contribution in [0.1, 0.15) is 45.7 Å². The molecule has 2 unspecified atom stereocenters. The Balaban J connectivity index is 2.51. The van der Waals surface area contributed by atoms with Gasteiger partial charge in [0.25, 0.3) is 0 Å². The quantitative estimate of drug-likeness (QED) is 0.779. The van der Waals surface area contributed by atoms with E-state index in [1.165, 1.54) is 12.0 Å². The molecule has 1 aromatic heterocycles. The molecular weight excluding hydrogens is 174 g/mol. The Morgan fingerprint density at radius 2 is 2.07 bits per heavy atom. The summed E-state index contributed by atoms with van der Waals surface area (Å²) in [7, 11) is 0. The van der Waals surface area contributed by atoms with Crippen LogP contribution in [0.4, 0.5) is 0 Å². The van der Waals surface area contributed by atoms with Gasteiger partial charge in [-0.25, -0.2) is 0 Å². The van der Waals surface area contributed by atoms with Crippen LogP contribution < -0.4 is 5.32 Å². The van der Waals surface area contributed by atoms with E-state index in [0.29, 0.717) is 18.0 Å². The topological polar surface area (TPSA) is 25.2 Å². The Bertz CT molecular complexity index is 241. The second-order valence-electron chi connectivity index (χ2n) is 4.20. The fraction of sp³-hybridized carbons (Fsp3) is 0.667. The molecule has 0 amide bonds. The van der Waals surface area contributed by atoms with Crippen LogP contribution in [0, 0.1) is 5.92 Å². The van der Waals surface area contributed by atoms with Crippen molar-refractivity contribution in [1.82, 2.24) is 5.32 Å². The maximum absolute atomic E-state index is 5.07. The van der Waals surface area contributed by atoms with E-state index in [1.807, 2.05) is 12.3 Å². The molecule has 1 heterocycles. The van der Waals surface area contributed by atoms with E-state index in [2.05, 4.69) is 33.0 Å². The van der Waals surface area contributed by atoms with Crippen LogP contribution in [0.25, 0.3) is 0 Å². The van der Waals surface area contributed by atoms with E-state index in [-0.39, 0.29) is 0 Å². The molecule has 0 aliphatic carbocycles. The molecule has 0 spiro atoms. The number of hydrogen-bond acceptors (Lipinski definition) is 2. The third kappa shape index (κ3) is 2.88. The van der Waals surface area contributed by atoms with Gasteiger partial charge < -0.3 is 9.73 Å². The third-order valence-corrected chi connectivity index (χ3v) is 2.75. The van der Waals surface area contributed by atoms with E-state index >= 15 is 0 Å². The van der Waals surface area contributed by atoms with Gasteiger partial charge in [0, 0.05) is 17.6 Å². The van der Waals surface area contributed by atoms with Gasteiger partial charge in [0.1, 0.15) is 0 Å². The zero-order valence-electron chi connectivity index (χ0n) is 9.58. The molecule has 0 saturated heterocycles. The molecule has 2 heteroatoms. The zero-order chi connectivity index (χ0) is 10.6. The molecule has 0 bridgehead atoms. The van der Waals surface area contributed by atoms with Gasteiger partial charge >= 0.3 is 0 Å². The van der Waals surface area contributed by atoms with Crippen molar-refractivity contribution in [3.05, 3.63) is 24.2 Å². The minimum absolute atomic E-state index is 0.376. The van der Waals surface area contributed by atoms with Crippen molar-refractivity contribution in [3.8, 4) is 0 Å². The Kier molecular flexibility index (Phi) is 4.21. The van der Waals surface area contributed by atoms with E-state index in [9.17, 15) is 0 Å². The summed E-state index contributed by atoms with van der Waals surface area (Å²) in [5.41, 5.74) is 1.23. The van der Waals surface area contributed by atoms with Gasteiger partial charge in [0.05, 0.1) is 12.5 Å². The highest BCUT2D eigenvalue weighted by atomic mass is 16.3. The van der Waals surface area contributed by atoms with Gasteiger partial charge in [-0.3, -0.25) is 0 Å². The molecule has 0 aliphatic rings. The lowest BCUT2D eigenvalue weighted by molar-refractivity contribution is 0.355. The van der Waals surface area contributed by atoms with Crippen LogP contribution in [0.3, 0.4) is 0 Å². The molecule has 0 saturated carbocycles. The lowest BCUT2D eigenvalue weighted by Crippen LogP contribution is -2.34. The van der Waals surface area contributed by atoms with Crippen molar-refractivity contribution in [2.24, 2.45) is 5.92 Å². The lowest BCUT2D eigenvalue weighted by atomic mass is 10.00. The summed E-state index contributed by atoms with van der Waals surface area (Å²) in [5.74, 6) is 0.675. The summed E-state index contributed by atoms with van der Waals surface area (Å²) >= 11 is 0. The van der Waals surface area contributed by atoms with E-state index in [0.717, 1.165) is 0 Å². The minimum Gasteiger partial charge on any atom is -0.472 e. The molecule has 14 heavy (non-hydrogen) atoms. The van der Waals surface area contributed by atoms with Gasteiger partial charge in [0.2, 0.25) is 0 Å². The Morgan fingerprint density at radius 1 is 1.36 bits per heavy atom. The number of rotatable bonds is 5. The Hall–Kier alpha value is -0.760. The highest BCUT2D eigenvalue weighted by Crippen LogP contribution is 2.16. The summed E-state index contributed by atoms with van der Waals surface area (Å²) in [6, 6.07) is 2.98. The molecule has 80 valence electrons. The van der Waals surface area contributed by atoms with Crippen molar-refractivity contribution in [2.75, 3.05) is 0 Å². The van der Waals surface area contributed by atoms with Crippen molar-refractivity contribution >= 4 is 0 Å². The molecule has 0 aromatic carbocycles. The van der Waals surface area contributed by atoms with Gasteiger partial charge in [-0.2, -0.15) is 0 Å². The highest BCUT2D eigenvalue weighted by molar-refractivity contribution is 5.10. The standard InChI is InChI=1S/C12H21NO/c1-5-12(9(2)3)13-10(4)11-6-7-14-8-11/h6-10,12-13H,5H2,1-4H3. The second kappa shape index (κ2) is 5.20. The molecule has 0 radical (unpaired) electrons. The summed E-state index contributed by atoms with van der Waals surface area (Å²) in [6.07, 6.45) is 4.70. The molecule has 0 fully saturated rings. The molecule has 0 aliphatic heterocycles. The Labute approximate surface area is 86.7 Å². The first kappa shape index (κ1) is 11.3. The van der Waals surface area contributed by atoms with Crippen LogP contribution in [-0.2, 0) is 0 Å². The largest absolute Gasteiger partial charge is 0.472 e. The predicted octanol–water partition coefficient (Wildman–Crippen LogP) is 3.36. The molecule has 1 N–H and O–H groups in total. The fourth-order valence-corrected chi connectivity index (χ4v) is 1.72. The molecule has 2 atom stereocenters. The van der Waals surface area contributed by atoms with Gasteiger partial charge in [0.15, 0.2) is 0 Å². The van der Waals surface area contributed by atoms with Gasteiger partial charge in [-0.1, -0.05) is 20.8 Å². The third-order valence-electron chi connectivity index (χ3n) is 2.75. The van der Waals surface area contributed by atoms with E-state index in [4.69, 9.17) is 4.42 Å². The van der Waals surface area contributed by atoms with Crippen LogP contribution in [0.15, 0.2) is 23.0 Å². The summed E-state index contributed by atoms with van der Waals surface area (Å²) in [6.45, 7) is 8.90. The lowest BCUT2D eigenvalue weighted by Gasteiger charge is -2.24. The SMILES string of the molecule is CCC(NC(C)c1ccoc1)C(C)C. The smallest absolute Gasteiger partial charge is 0.0950 e. The molecule has 2 nitrogen and oxygen atoms in total. The molecular formula is C12H21NO.